The monoisotopic (exact) mass is 299 g/mol. The van der Waals surface area contributed by atoms with Crippen molar-refractivity contribution in [2.24, 2.45) is 5.41 Å². The molecular weight excluding hydrogens is 278 g/mol. The Labute approximate surface area is 122 Å². The average Bonchev–Trinajstić information content (AvgIpc) is 2.35. The molecule has 118 valence electrons. The molecule has 21 heavy (non-hydrogen) atoms. The van der Waals surface area contributed by atoms with Crippen molar-refractivity contribution in [2.45, 2.75) is 45.7 Å². The second-order valence-corrected chi connectivity index (χ2v) is 6.14. The number of imide groups is 1. The molecule has 1 saturated heterocycles. The molecule has 1 rings (SSSR count). The van der Waals surface area contributed by atoms with Crippen molar-refractivity contribution in [1.82, 2.24) is 15.5 Å². The van der Waals surface area contributed by atoms with Crippen LogP contribution < -0.4 is 10.6 Å². The van der Waals surface area contributed by atoms with E-state index >= 15 is 0 Å². The summed E-state index contributed by atoms with van der Waals surface area (Å²) in [7, 11) is 1.35. The van der Waals surface area contributed by atoms with Crippen LogP contribution in [-0.4, -0.2) is 53.0 Å². The van der Waals surface area contributed by atoms with Crippen molar-refractivity contribution >= 4 is 23.8 Å². The van der Waals surface area contributed by atoms with Crippen molar-refractivity contribution in [1.29, 1.82) is 0 Å². The van der Waals surface area contributed by atoms with Gasteiger partial charge in [-0.25, -0.2) is 9.59 Å². The van der Waals surface area contributed by atoms with Gasteiger partial charge in [0.2, 0.25) is 5.91 Å². The molecule has 0 aromatic rings. The fourth-order valence-electron chi connectivity index (χ4n) is 2.03. The number of nitrogens with zero attached hydrogens (tertiary/aromatic N) is 1. The Morgan fingerprint density at radius 3 is 2.38 bits per heavy atom. The molecule has 1 heterocycles. The molecule has 1 aliphatic heterocycles. The van der Waals surface area contributed by atoms with Crippen LogP contribution in [0.25, 0.3) is 0 Å². The Hall–Kier alpha value is -2.12. The summed E-state index contributed by atoms with van der Waals surface area (Å²) in [5, 5.41) is 13.9. The van der Waals surface area contributed by atoms with Gasteiger partial charge in [0.1, 0.15) is 12.1 Å². The first-order chi connectivity index (χ1) is 9.54. The van der Waals surface area contributed by atoms with Gasteiger partial charge in [-0.15, -0.1) is 0 Å². The molecule has 0 spiro atoms. The quantitative estimate of drug-likeness (QED) is 0.631. The molecule has 2 atom stereocenters. The number of carboxylic acids is 1. The van der Waals surface area contributed by atoms with E-state index in [1.54, 1.807) is 20.8 Å². The first-order valence-corrected chi connectivity index (χ1v) is 6.64. The van der Waals surface area contributed by atoms with Crippen LogP contribution in [0.4, 0.5) is 4.79 Å². The topological polar surface area (TPSA) is 116 Å². The van der Waals surface area contributed by atoms with Crippen LogP contribution in [0.2, 0.25) is 0 Å². The lowest BCUT2D eigenvalue weighted by atomic mass is 9.87. The van der Waals surface area contributed by atoms with Crippen molar-refractivity contribution in [3.63, 3.8) is 0 Å². The Morgan fingerprint density at radius 1 is 1.33 bits per heavy atom. The third-order valence-electron chi connectivity index (χ3n) is 3.34. The van der Waals surface area contributed by atoms with E-state index in [0.717, 1.165) is 4.90 Å². The van der Waals surface area contributed by atoms with E-state index in [-0.39, 0.29) is 18.7 Å². The van der Waals surface area contributed by atoms with E-state index < -0.39 is 35.4 Å². The second kappa shape index (κ2) is 6.11. The van der Waals surface area contributed by atoms with Crippen LogP contribution in [0.15, 0.2) is 0 Å². The average molecular weight is 299 g/mol. The molecule has 2 unspecified atom stereocenters. The minimum absolute atomic E-state index is 0.162. The molecule has 3 N–H and O–H groups in total. The number of amides is 4. The Balaban J connectivity index is 2.67. The van der Waals surface area contributed by atoms with E-state index in [1.807, 2.05) is 0 Å². The normalized spacial score (nSPS) is 21.0. The van der Waals surface area contributed by atoms with Gasteiger partial charge in [0.25, 0.3) is 5.91 Å². The maximum absolute atomic E-state index is 11.9. The number of nitrogens with one attached hydrogen (secondary N) is 2. The van der Waals surface area contributed by atoms with Crippen LogP contribution in [0.3, 0.4) is 0 Å². The van der Waals surface area contributed by atoms with Gasteiger partial charge < -0.3 is 15.7 Å². The van der Waals surface area contributed by atoms with Gasteiger partial charge in [0, 0.05) is 13.5 Å². The molecule has 0 bridgehead atoms. The molecule has 0 aromatic carbocycles. The number of hydrogen-bond donors (Lipinski definition) is 3. The zero-order chi connectivity index (χ0) is 16.4. The standard InChI is InChI=1S/C13H21N3O5/c1-13(2,3)9(11(19)20)15-12(21)14-7-5-6-8(17)16(4)10(7)18/h7,9H,5-6H2,1-4H3,(H,19,20)(H2,14,15,21). The lowest BCUT2D eigenvalue weighted by molar-refractivity contribution is -0.147. The van der Waals surface area contributed by atoms with E-state index in [0.29, 0.717) is 0 Å². The Morgan fingerprint density at radius 2 is 1.90 bits per heavy atom. The SMILES string of the molecule is CN1C(=O)CCC(NC(=O)NC(C(=O)O)C(C)(C)C)C1=O. The minimum atomic E-state index is -1.15. The summed E-state index contributed by atoms with van der Waals surface area (Å²) in [6.07, 6.45) is 0.373. The molecule has 8 heteroatoms. The number of carboxylic acid groups (broad SMARTS) is 1. The van der Waals surface area contributed by atoms with Crippen molar-refractivity contribution < 1.29 is 24.3 Å². The van der Waals surface area contributed by atoms with Crippen LogP contribution in [0, 0.1) is 5.41 Å². The summed E-state index contributed by atoms with van der Waals surface area (Å²) in [5.41, 5.74) is -0.674. The number of likely N-dealkylation sites (tertiary alicyclic amines) is 1. The van der Waals surface area contributed by atoms with Crippen LogP contribution >= 0.6 is 0 Å². The van der Waals surface area contributed by atoms with Crippen molar-refractivity contribution in [2.75, 3.05) is 7.05 Å². The molecule has 8 nitrogen and oxygen atoms in total. The van der Waals surface area contributed by atoms with Crippen LogP contribution in [-0.2, 0) is 14.4 Å². The molecule has 1 aliphatic rings. The lowest BCUT2D eigenvalue weighted by Crippen LogP contribution is -2.58. The van der Waals surface area contributed by atoms with Crippen molar-refractivity contribution in [3.05, 3.63) is 0 Å². The summed E-state index contributed by atoms with van der Waals surface area (Å²) < 4.78 is 0. The smallest absolute Gasteiger partial charge is 0.326 e. The van der Waals surface area contributed by atoms with E-state index in [2.05, 4.69) is 10.6 Å². The van der Waals surface area contributed by atoms with E-state index in [4.69, 9.17) is 5.11 Å². The second-order valence-electron chi connectivity index (χ2n) is 6.14. The van der Waals surface area contributed by atoms with Gasteiger partial charge >= 0.3 is 12.0 Å². The molecule has 0 aromatic heterocycles. The predicted octanol–water partition coefficient (Wildman–Crippen LogP) is -0.0677. The van der Waals surface area contributed by atoms with Crippen LogP contribution in [0.5, 0.6) is 0 Å². The van der Waals surface area contributed by atoms with E-state index in [1.165, 1.54) is 7.05 Å². The predicted molar refractivity (Wildman–Crippen MR) is 73.3 cm³/mol. The van der Waals surface area contributed by atoms with Gasteiger partial charge in [-0.3, -0.25) is 14.5 Å². The summed E-state index contributed by atoms with van der Waals surface area (Å²) in [4.78, 5) is 47.2. The summed E-state index contributed by atoms with van der Waals surface area (Å²) >= 11 is 0. The first-order valence-electron chi connectivity index (χ1n) is 6.64. The number of likely N-dealkylation sites (N-methyl/N-ethyl adjacent to an activating group) is 1. The van der Waals surface area contributed by atoms with Gasteiger partial charge in [-0.1, -0.05) is 20.8 Å². The number of rotatable bonds is 3. The number of aliphatic carboxylic acids is 1. The molecule has 0 aliphatic carbocycles. The van der Waals surface area contributed by atoms with Crippen LogP contribution in [0.1, 0.15) is 33.6 Å². The highest BCUT2D eigenvalue weighted by Crippen LogP contribution is 2.19. The highest BCUT2D eigenvalue weighted by Gasteiger charge is 2.36. The summed E-state index contributed by atoms with van der Waals surface area (Å²) in [6, 6.07) is -2.64. The van der Waals surface area contributed by atoms with Gasteiger partial charge in [0.05, 0.1) is 0 Å². The first kappa shape index (κ1) is 16.9. The van der Waals surface area contributed by atoms with Gasteiger partial charge in [0.15, 0.2) is 0 Å². The molecule has 0 radical (unpaired) electrons. The lowest BCUT2D eigenvalue weighted by Gasteiger charge is -2.31. The van der Waals surface area contributed by atoms with E-state index in [9.17, 15) is 19.2 Å². The zero-order valence-electron chi connectivity index (χ0n) is 12.6. The molecule has 0 saturated carbocycles. The largest absolute Gasteiger partial charge is 0.480 e. The number of hydrogen-bond acceptors (Lipinski definition) is 4. The fraction of sp³-hybridized carbons (Fsp3) is 0.692. The summed E-state index contributed by atoms with van der Waals surface area (Å²) in [5.74, 6) is -1.94. The third kappa shape index (κ3) is 4.17. The van der Waals surface area contributed by atoms with Gasteiger partial charge in [-0.05, 0) is 11.8 Å². The fourth-order valence-corrected chi connectivity index (χ4v) is 2.03. The Kier molecular flexibility index (Phi) is 4.93. The van der Waals surface area contributed by atoms with Gasteiger partial charge in [-0.2, -0.15) is 0 Å². The Bertz CT molecular complexity index is 469. The maximum atomic E-state index is 11.9. The number of carbonyl (C=O) groups excluding carboxylic acids is 3. The molecule has 1 fully saturated rings. The molecular formula is C13H21N3O5. The number of piperidine rings is 1. The highest BCUT2D eigenvalue weighted by molar-refractivity contribution is 6.01. The maximum Gasteiger partial charge on any atom is 0.326 e. The van der Waals surface area contributed by atoms with Crippen molar-refractivity contribution in [3.8, 4) is 0 Å². The number of urea groups is 1. The minimum Gasteiger partial charge on any atom is -0.480 e. The zero-order valence-corrected chi connectivity index (χ0v) is 12.6. The highest BCUT2D eigenvalue weighted by atomic mass is 16.4. The molecule has 4 amide bonds. The summed E-state index contributed by atoms with van der Waals surface area (Å²) in [6.45, 7) is 5.05. The number of carbonyl (C=O) groups is 4. The third-order valence-corrected chi connectivity index (χ3v) is 3.34.